The van der Waals surface area contributed by atoms with Gasteiger partial charge >= 0.3 is 5.97 Å². The Hall–Kier alpha value is -4.42. The van der Waals surface area contributed by atoms with Crippen LogP contribution in [0, 0.1) is 0 Å². The lowest BCUT2D eigenvalue weighted by molar-refractivity contribution is -0.145. The van der Waals surface area contributed by atoms with E-state index in [0.717, 1.165) is 16.5 Å². The molecular formula is C27H33N5O7. The smallest absolute Gasteiger partial charge is 0.328 e. The molecule has 2 aromatic carbocycles. The van der Waals surface area contributed by atoms with Crippen molar-refractivity contribution in [2.75, 3.05) is 0 Å². The zero-order chi connectivity index (χ0) is 28.7. The van der Waals surface area contributed by atoms with Crippen molar-refractivity contribution < 1.29 is 34.5 Å². The Morgan fingerprint density at radius 1 is 0.897 bits per heavy atom. The number of carbonyl (C=O) groups excluding carboxylic acids is 3. The maximum atomic E-state index is 13.3. The third-order valence-electron chi connectivity index (χ3n) is 6.26. The van der Waals surface area contributed by atoms with Gasteiger partial charge in [-0.1, -0.05) is 30.3 Å². The monoisotopic (exact) mass is 539 g/mol. The van der Waals surface area contributed by atoms with Crippen molar-refractivity contribution in [2.45, 2.75) is 57.0 Å². The number of nitrogens with one attached hydrogen (secondary N) is 4. The fourth-order valence-corrected chi connectivity index (χ4v) is 4.03. The number of hydrogen-bond acceptors (Lipinski definition) is 7. The summed E-state index contributed by atoms with van der Waals surface area (Å²) in [6.45, 7) is 2.58. The molecule has 3 aromatic rings. The Morgan fingerprint density at radius 3 is 2.21 bits per heavy atom. The lowest BCUT2D eigenvalue weighted by Gasteiger charge is -2.24. The molecule has 3 amide bonds. The first-order valence-electron chi connectivity index (χ1n) is 12.4. The predicted octanol–water partition coefficient (Wildman–Crippen LogP) is -0.0743. The van der Waals surface area contributed by atoms with E-state index in [2.05, 4.69) is 20.9 Å². The molecule has 0 aliphatic carbocycles. The number of carboxylic acids is 1. The van der Waals surface area contributed by atoms with E-state index in [9.17, 15) is 34.5 Å². The molecule has 0 aliphatic rings. The van der Waals surface area contributed by atoms with E-state index in [-0.39, 0.29) is 18.6 Å². The molecule has 5 unspecified atom stereocenters. The van der Waals surface area contributed by atoms with Gasteiger partial charge in [0.15, 0.2) is 6.04 Å². The van der Waals surface area contributed by atoms with Crippen LogP contribution in [0.3, 0.4) is 0 Å². The van der Waals surface area contributed by atoms with Gasteiger partial charge < -0.3 is 42.0 Å². The molecule has 0 saturated heterocycles. The van der Waals surface area contributed by atoms with Crippen molar-refractivity contribution in [2.24, 2.45) is 5.73 Å². The van der Waals surface area contributed by atoms with Crippen LogP contribution in [0.1, 0.15) is 25.0 Å². The highest BCUT2D eigenvalue weighted by Crippen LogP contribution is 2.19. The molecule has 0 radical (unpaired) electrons. The van der Waals surface area contributed by atoms with Crippen LogP contribution in [0.5, 0.6) is 5.75 Å². The van der Waals surface area contributed by atoms with Crippen LogP contribution < -0.4 is 21.7 Å². The van der Waals surface area contributed by atoms with Crippen molar-refractivity contribution in [3.8, 4) is 5.75 Å². The number of hydrogen-bond donors (Lipinski definition) is 8. The zero-order valence-corrected chi connectivity index (χ0v) is 21.5. The molecule has 9 N–H and O–H groups in total. The molecule has 1 aromatic heterocycles. The minimum atomic E-state index is -1.56. The summed E-state index contributed by atoms with van der Waals surface area (Å²) in [6.07, 6.45) is 0.595. The third kappa shape index (κ3) is 7.79. The maximum absolute atomic E-state index is 13.3. The molecule has 12 nitrogen and oxygen atoms in total. The van der Waals surface area contributed by atoms with Gasteiger partial charge in [-0.2, -0.15) is 0 Å². The van der Waals surface area contributed by atoms with Gasteiger partial charge in [-0.05, 0) is 49.6 Å². The van der Waals surface area contributed by atoms with Crippen molar-refractivity contribution in [3.05, 3.63) is 65.9 Å². The quantitative estimate of drug-likeness (QED) is 0.156. The molecule has 5 atom stereocenters. The number of aliphatic carboxylic acids is 1. The molecule has 208 valence electrons. The van der Waals surface area contributed by atoms with Gasteiger partial charge in [0.05, 0.1) is 12.1 Å². The molecule has 39 heavy (non-hydrogen) atoms. The summed E-state index contributed by atoms with van der Waals surface area (Å²) >= 11 is 0. The molecular weight excluding hydrogens is 506 g/mol. The van der Waals surface area contributed by atoms with Crippen LogP contribution in [-0.2, 0) is 32.0 Å². The van der Waals surface area contributed by atoms with E-state index in [1.165, 1.54) is 26.0 Å². The highest BCUT2D eigenvalue weighted by molar-refractivity contribution is 5.94. The fraction of sp³-hybridized carbons (Fsp3) is 0.333. The number of carboxylic acid groups (broad SMARTS) is 1. The SMILES string of the molecule is CC(NC(=O)C(Cc1c[nH]c2ccccc12)NC(=O)C(N)Cc1ccc(O)cc1)C(=O)NC(C(=O)O)C(C)O. The molecule has 12 heteroatoms. The number of rotatable bonds is 12. The standard InChI is InChI=1S/C27H33N5O7/c1-14(24(35)32-23(15(2)33)27(38)39)30-26(37)22(12-17-13-29-21-6-4-3-5-19(17)21)31-25(36)20(28)11-16-7-9-18(34)10-8-16/h3-10,13-15,20,22-23,29,33-34H,11-12,28H2,1-2H3,(H,30,37)(H,31,36)(H,32,35)(H,38,39). The second-order valence-corrected chi connectivity index (χ2v) is 9.40. The number of aromatic hydroxyl groups is 1. The number of amides is 3. The molecule has 0 bridgehead atoms. The predicted molar refractivity (Wildman–Crippen MR) is 143 cm³/mol. The van der Waals surface area contributed by atoms with Gasteiger partial charge in [-0.25, -0.2) is 4.79 Å². The van der Waals surface area contributed by atoms with Gasteiger partial charge in [0.25, 0.3) is 0 Å². The van der Waals surface area contributed by atoms with Gasteiger partial charge in [-0.15, -0.1) is 0 Å². The molecule has 1 heterocycles. The normalized spacial score (nSPS) is 15.0. The number of carbonyl (C=O) groups is 4. The lowest BCUT2D eigenvalue weighted by Crippen LogP contribution is -2.58. The summed E-state index contributed by atoms with van der Waals surface area (Å²) in [5, 5.41) is 36.5. The minimum Gasteiger partial charge on any atom is -0.508 e. The topological polar surface area (TPSA) is 207 Å². The Balaban J connectivity index is 1.75. The Morgan fingerprint density at radius 2 is 1.56 bits per heavy atom. The number of phenols is 1. The number of aromatic amines is 1. The van der Waals surface area contributed by atoms with E-state index in [4.69, 9.17) is 5.73 Å². The summed E-state index contributed by atoms with van der Waals surface area (Å²) < 4.78 is 0. The van der Waals surface area contributed by atoms with Crippen LogP contribution in [0.4, 0.5) is 0 Å². The van der Waals surface area contributed by atoms with E-state index >= 15 is 0 Å². The van der Waals surface area contributed by atoms with E-state index in [1.807, 2.05) is 24.3 Å². The number of aromatic nitrogens is 1. The number of aliphatic hydroxyl groups is 1. The number of H-pyrrole nitrogens is 1. The highest BCUT2D eigenvalue weighted by Gasteiger charge is 2.30. The van der Waals surface area contributed by atoms with Crippen molar-refractivity contribution >= 4 is 34.6 Å². The van der Waals surface area contributed by atoms with Crippen LogP contribution in [0.25, 0.3) is 10.9 Å². The summed E-state index contributed by atoms with van der Waals surface area (Å²) in [6, 6.07) is 8.80. The summed E-state index contributed by atoms with van der Waals surface area (Å²) in [4.78, 5) is 53.2. The van der Waals surface area contributed by atoms with Crippen LogP contribution in [0.15, 0.2) is 54.7 Å². The third-order valence-corrected chi connectivity index (χ3v) is 6.26. The molecule has 0 saturated carbocycles. The highest BCUT2D eigenvalue weighted by atomic mass is 16.4. The van der Waals surface area contributed by atoms with E-state index < -0.39 is 54.0 Å². The maximum Gasteiger partial charge on any atom is 0.328 e. The molecule has 0 spiro atoms. The van der Waals surface area contributed by atoms with Crippen molar-refractivity contribution in [1.82, 2.24) is 20.9 Å². The van der Waals surface area contributed by atoms with E-state index in [1.54, 1.807) is 18.3 Å². The summed E-state index contributed by atoms with van der Waals surface area (Å²) in [5.74, 6) is -3.45. The van der Waals surface area contributed by atoms with Gasteiger partial charge in [0.2, 0.25) is 17.7 Å². The second kappa shape index (κ2) is 12.9. The average molecular weight is 540 g/mol. The van der Waals surface area contributed by atoms with E-state index in [0.29, 0.717) is 5.56 Å². The summed E-state index contributed by atoms with van der Waals surface area (Å²) in [7, 11) is 0. The number of nitrogens with two attached hydrogens (primary N) is 1. The molecule has 3 rings (SSSR count). The minimum absolute atomic E-state index is 0.0767. The number of aliphatic hydroxyl groups excluding tert-OH is 1. The van der Waals surface area contributed by atoms with Crippen LogP contribution in [-0.4, -0.2) is 74.3 Å². The first kappa shape index (κ1) is 29.1. The Labute approximate surface area is 224 Å². The Kier molecular flexibility index (Phi) is 9.63. The summed E-state index contributed by atoms with van der Waals surface area (Å²) in [5.41, 5.74) is 8.40. The van der Waals surface area contributed by atoms with Crippen LogP contribution in [0.2, 0.25) is 0 Å². The lowest BCUT2D eigenvalue weighted by atomic mass is 10.0. The van der Waals surface area contributed by atoms with Gasteiger partial charge in [-0.3, -0.25) is 14.4 Å². The van der Waals surface area contributed by atoms with Gasteiger partial charge in [0, 0.05) is 23.5 Å². The number of benzene rings is 2. The molecule has 0 fully saturated rings. The zero-order valence-electron chi connectivity index (χ0n) is 21.5. The number of para-hydroxylation sites is 1. The average Bonchev–Trinajstić information content (AvgIpc) is 3.30. The first-order chi connectivity index (χ1) is 18.5. The first-order valence-corrected chi connectivity index (χ1v) is 12.4. The largest absolute Gasteiger partial charge is 0.508 e. The molecule has 0 aliphatic heterocycles. The van der Waals surface area contributed by atoms with Crippen LogP contribution >= 0.6 is 0 Å². The number of fused-ring (bicyclic) bond motifs is 1. The second-order valence-electron chi connectivity index (χ2n) is 9.40. The number of phenolic OH excluding ortho intramolecular Hbond substituents is 1. The van der Waals surface area contributed by atoms with Crippen molar-refractivity contribution in [3.63, 3.8) is 0 Å². The van der Waals surface area contributed by atoms with Crippen molar-refractivity contribution in [1.29, 1.82) is 0 Å². The van der Waals surface area contributed by atoms with Gasteiger partial charge in [0.1, 0.15) is 17.8 Å². The fourth-order valence-electron chi connectivity index (χ4n) is 4.03. The Bertz CT molecular complexity index is 1320.